The molecule has 0 fully saturated rings. The number of nitrogen functional groups attached to an aromatic ring is 1. The van der Waals surface area contributed by atoms with Crippen LogP contribution in [-0.4, -0.2) is 12.0 Å². The van der Waals surface area contributed by atoms with E-state index in [1.165, 1.54) is 0 Å². The average Bonchev–Trinajstić information content (AvgIpc) is 2.39. The molecule has 1 aromatic carbocycles. The number of hydrogen-bond donors (Lipinski definition) is 1. The number of anilines is 2. The minimum atomic E-state index is -4.46. The van der Waals surface area contributed by atoms with Crippen LogP contribution in [0, 0.1) is 0 Å². The molecule has 3 nitrogen and oxygen atoms in total. The quantitative estimate of drug-likeness (QED) is 0.931. The summed E-state index contributed by atoms with van der Waals surface area (Å²) in [6.45, 7) is 0.327. The Morgan fingerprint density at radius 1 is 1.24 bits per heavy atom. The van der Waals surface area contributed by atoms with Gasteiger partial charge in [0.15, 0.2) is 0 Å². The van der Waals surface area contributed by atoms with Crippen molar-refractivity contribution in [3.05, 3.63) is 52.5 Å². The molecule has 0 aliphatic heterocycles. The highest BCUT2D eigenvalue weighted by molar-refractivity contribution is 6.31. The van der Waals surface area contributed by atoms with Gasteiger partial charge in [-0.2, -0.15) is 13.2 Å². The van der Waals surface area contributed by atoms with Gasteiger partial charge in [0, 0.05) is 18.6 Å². The summed E-state index contributed by atoms with van der Waals surface area (Å²) in [5, 5.41) is 0.546. The third-order valence-electron chi connectivity index (χ3n) is 2.92. The molecule has 2 rings (SSSR count). The maximum Gasteiger partial charge on any atom is 0.416 e. The van der Waals surface area contributed by atoms with Crippen molar-refractivity contribution in [1.29, 1.82) is 0 Å². The van der Waals surface area contributed by atoms with E-state index in [4.69, 9.17) is 17.3 Å². The summed E-state index contributed by atoms with van der Waals surface area (Å²) in [6, 6.07) is 8.89. The number of pyridine rings is 1. The molecule has 1 aromatic heterocycles. The summed E-state index contributed by atoms with van der Waals surface area (Å²) in [6.07, 6.45) is -4.46. The molecule has 0 spiro atoms. The number of nitrogens with two attached hydrogens (primary N) is 1. The van der Waals surface area contributed by atoms with Gasteiger partial charge in [-0.1, -0.05) is 29.8 Å². The topological polar surface area (TPSA) is 42.1 Å². The number of rotatable bonds is 3. The summed E-state index contributed by atoms with van der Waals surface area (Å²) in [4.78, 5) is 5.50. The van der Waals surface area contributed by atoms with Gasteiger partial charge < -0.3 is 10.6 Å². The molecule has 2 aromatic rings. The Kier molecular flexibility index (Phi) is 4.27. The van der Waals surface area contributed by atoms with Crippen LogP contribution in [0.25, 0.3) is 0 Å². The second-order valence-electron chi connectivity index (χ2n) is 4.58. The van der Waals surface area contributed by atoms with E-state index in [0.717, 1.165) is 17.7 Å². The van der Waals surface area contributed by atoms with E-state index >= 15 is 0 Å². The van der Waals surface area contributed by atoms with Crippen molar-refractivity contribution < 1.29 is 13.2 Å². The lowest BCUT2D eigenvalue weighted by atomic mass is 10.2. The Morgan fingerprint density at radius 3 is 2.52 bits per heavy atom. The highest BCUT2D eigenvalue weighted by Gasteiger charge is 2.31. The summed E-state index contributed by atoms with van der Waals surface area (Å²) in [5.41, 5.74) is 5.42. The normalized spacial score (nSPS) is 11.5. The number of hydrogen-bond acceptors (Lipinski definition) is 3. The van der Waals surface area contributed by atoms with E-state index in [-0.39, 0.29) is 11.6 Å². The van der Waals surface area contributed by atoms with Crippen LogP contribution in [0.1, 0.15) is 11.1 Å². The second-order valence-corrected chi connectivity index (χ2v) is 4.99. The molecular formula is C14H13ClF3N3. The molecule has 0 unspecified atom stereocenters. The van der Waals surface area contributed by atoms with Crippen LogP contribution in [0.5, 0.6) is 0 Å². The first kappa shape index (κ1) is 15.4. The van der Waals surface area contributed by atoms with Crippen molar-refractivity contribution >= 4 is 23.2 Å². The fraction of sp³-hybridized carbons (Fsp3) is 0.214. The number of nitrogens with zero attached hydrogens (tertiary/aromatic N) is 2. The van der Waals surface area contributed by atoms with E-state index in [1.807, 2.05) is 6.07 Å². The number of halogens is 4. The third kappa shape index (κ3) is 3.78. The Morgan fingerprint density at radius 2 is 1.90 bits per heavy atom. The minimum Gasteiger partial charge on any atom is -0.384 e. The lowest BCUT2D eigenvalue weighted by Gasteiger charge is -2.20. The van der Waals surface area contributed by atoms with E-state index < -0.39 is 11.7 Å². The third-order valence-corrected chi connectivity index (χ3v) is 3.28. The van der Waals surface area contributed by atoms with Crippen LogP contribution in [0.4, 0.5) is 24.8 Å². The van der Waals surface area contributed by atoms with E-state index in [2.05, 4.69) is 4.98 Å². The smallest absolute Gasteiger partial charge is 0.384 e. The zero-order valence-electron chi connectivity index (χ0n) is 11.2. The molecule has 1 heterocycles. The molecule has 0 bridgehead atoms. The Labute approximate surface area is 125 Å². The Balaban J connectivity index is 2.29. The first-order valence-electron chi connectivity index (χ1n) is 6.06. The fourth-order valence-electron chi connectivity index (χ4n) is 1.86. The van der Waals surface area contributed by atoms with Gasteiger partial charge in [0.25, 0.3) is 0 Å². The van der Waals surface area contributed by atoms with Crippen LogP contribution >= 0.6 is 11.6 Å². The monoisotopic (exact) mass is 315 g/mol. The van der Waals surface area contributed by atoms with Gasteiger partial charge in [-0.25, -0.2) is 4.98 Å². The Hall–Kier alpha value is -1.95. The standard InChI is InChI=1S/C14H13ClF3N3/c1-21(8-9-4-2-3-5-11(9)15)13-7-10(14(16,17)18)6-12(19)20-13/h2-7H,8H2,1H3,(H2,19,20). The van der Waals surface area contributed by atoms with E-state index in [1.54, 1.807) is 30.1 Å². The highest BCUT2D eigenvalue weighted by atomic mass is 35.5. The highest BCUT2D eigenvalue weighted by Crippen LogP contribution is 2.32. The predicted molar refractivity (Wildman–Crippen MR) is 77.2 cm³/mol. The first-order chi connectivity index (χ1) is 9.77. The van der Waals surface area contributed by atoms with Crippen molar-refractivity contribution in [2.24, 2.45) is 0 Å². The predicted octanol–water partition coefficient (Wildman–Crippen LogP) is 3.97. The zero-order valence-corrected chi connectivity index (χ0v) is 11.9. The molecule has 0 saturated heterocycles. The van der Waals surface area contributed by atoms with Crippen molar-refractivity contribution in [2.45, 2.75) is 12.7 Å². The van der Waals surface area contributed by atoms with Crippen molar-refractivity contribution in [3.8, 4) is 0 Å². The van der Waals surface area contributed by atoms with E-state index in [0.29, 0.717) is 11.6 Å². The molecule has 0 aliphatic carbocycles. The lowest BCUT2D eigenvalue weighted by molar-refractivity contribution is -0.137. The van der Waals surface area contributed by atoms with Crippen LogP contribution in [0.15, 0.2) is 36.4 Å². The van der Waals surface area contributed by atoms with Crippen molar-refractivity contribution in [2.75, 3.05) is 17.7 Å². The maximum absolute atomic E-state index is 12.8. The van der Waals surface area contributed by atoms with E-state index in [9.17, 15) is 13.2 Å². The molecule has 0 atom stereocenters. The van der Waals surface area contributed by atoms with Crippen LogP contribution < -0.4 is 10.6 Å². The van der Waals surface area contributed by atoms with Crippen molar-refractivity contribution in [1.82, 2.24) is 4.98 Å². The fourth-order valence-corrected chi connectivity index (χ4v) is 2.05. The number of aromatic nitrogens is 1. The van der Waals surface area contributed by atoms with Gasteiger partial charge >= 0.3 is 6.18 Å². The van der Waals surface area contributed by atoms with Crippen LogP contribution in [-0.2, 0) is 12.7 Å². The molecule has 7 heteroatoms. The van der Waals surface area contributed by atoms with Gasteiger partial charge in [0.05, 0.1) is 5.56 Å². The molecular weight excluding hydrogens is 303 g/mol. The largest absolute Gasteiger partial charge is 0.416 e. The molecule has 21 heavy (non-hydrogen) atoms. The minimum absolute atomic E-state index is 0.141. The number of alkyl halides is 3. The van der Waals surface area contributed by atoms with Crippen molar-refractivity contribution in [3.63, 3.8) is 0 Å². The van der Waals surface area contributed by atoms with Gasteiger partial charge in [-0.15, -0.1) is 0 Å². The Bertz CT molecular complexity index is 644. The molecule has 0 amide bonds. The molecule has 112 valence electrons. The lowest BCUT2D eigenvalue weighted by Crippen LogP contribution is -2.19. The zero-order chi connectivity index (χ0) is 15.6. The van der Waals surface area contributed by atoms with Crippen LogP contribution in [0.3, 0.4) is 0 Å². The van der Waals surface area contributed by atoms with Gasteiger partial charge in [-0.05, 0) is 23.8 Å². The SMILES string of the molecule is CN(Cc1ccccc1Cl)c1cc(C(F)(F)F)cc(N)n1. The van der Waals surface area contributed by atoms with Gasteiger partial charge in [0.1, 0.15) is 11.6 Å². The molecule has 0 saturated carbocycles. The molecule has 0 radical (unpaired) electrons. The second kappa shape index (κ2) is 5.81. The van der Waals surface area contributed by atoms with Gasteiger partial charge in [0.2, 0.25) is 0 Å². The molecule has 2 N–H and O–H groups in total. The van der Waals surface area contributed by atoms with Gasteiger partial charge in [-0.3, -0.25) is 0 Å². The molecule has 0 aliphatic rings. The number of benzene rings is 1. The summed E-state index contributed by atoms with van der Waals surface area (Å²) in [5.74, 6) is -0.0342. The summed E-state index contributed by atoms with van der Waals surface area (Å²) < 4.78 is 38.3. The average molecular weight is 316 g/mol. The summed E-state index contributed by atoms with van der Waals surface area (Å²) in [7, 11) is 1.63. The first-order valence-corrected chi connectivity index (χ1v) is 6.44. The summed E-state index contributed by atoms with van der Waals surface area (Å²) >= 11 is 6.04. The van der Waals surface area contributed by atoms with Crippen LogP contribution in [0.2, 0.25) is 5.02 Å². The maximum atomic E-state index is 12.8.